The summed E-state index contributed by atoms with van der Waals surface area (Å²) in [6.07, 6.45) is 0.172. The van der Waals surface area contributed by atoms with Crippen LogP contribution in [0.4, 0.5) is 15.2 Å². The molecule has 2 amide bonds. The summed E-state index contributed by atoms with van der Waals surface area (Å²) in [4.78, 5) is 34.6. The Morgan fingerprint density at radius 3 is 2.62 bits per heavy atom. The van der Waals surface area contributed by atoms with Crippen molar-refractivity contribution < 1.29 is 18.9 Å². The number of hydrogen-bond donors (Lipinski definition) is 1. The molecule has 0 bridgehead atoms. The number of halogens is 1. The first-order chi connectivity index (χ1) is 14.1. The van der Waals surface area contributed by atoms with Crippen molar-refractivity contribution >= 4 is 44.2 Å². The molecular weight excluding hydrogens is 391 g/mol. The summed E-state index contributed by atoms with van der Waals surface area (Å²) in [5, 5.41) is 1.00. The normalized spacial score (nSPS) is 20.8. The molecule has 8 heteroatoms. The van der Waals surface area contributed by atoms with Crippen molar-refractivity contribution in [3.05, 3.63) is 54.3 Å². The topological polar surface area (TPSA) is 58.0 Å². The summed E-state index contributed by atoms with van der Waals surface area (Å²) in [5.41, 5.74) is 1.32. The molecule has 148 valence electrons. The smallest absolute Gasteiger partial charge is 0.292 e. The lowest BCUT2D eigenvalue weighted by Crippen LogP contribution is -3.19. The minimum absolute atomic E-state index is 0.172. The summed E-state index contributed by atoms with van der Waals surface area (Å²) in [7, 11) is 0. The van der Waals surface area contributed by atoms with Crippen LogP contribution in [-0.2, 0) is 9.59 Å². The van der Waals surface area contributed by atoms with Crippen LogP contribution in [0.1, 0.15) is 6.42 Å². The van der Waals surface area contributed by atoms with E-state index in [1.165, 1.54) is 22.9 Å². The number of nitrogens with zero attached hydrogens (tertiary/aromatic N) is 3. The molecule has 2 aliphatic rings. The third-order valence-electron chi connectivity index (χ3n) is 5.66. The zero-order valence-electron chi connectivity index (χ0n) is 15.7. The Morgan fingerprint density at radius 2 is 1.86 bits per heavy atom. The molecule has 0 radical (unpaired) electrons. The predicted molar refractivity (Wildman–Crippen MR) is 110 cm³/mol. The number of fused-ring (bicyclic) bond motifs is 1. The van der Waals surface area contributed by atoms with Gasteiger partial charge < -0.3 is 9.80 Å². The predicted octanol–water partition coefficient (Wildman–Crippen LogP) is 1.47. The second kappa shape index (κ2) is 7.20. The maximum atomic E-state index is 13.5. The van der Waals surface area contributed by atoms with Gasteiger partial charge in [-0.3, -0.25) is 9.59 Å². The number of amides is 2. The highest BCUT2D eigenvalue weighted by Crippen LogP contribution is 2.28. The van der Waals surface area contributed by atoms with Crippen molar-refractivity contribution in [3.63, 3.8) is 0 Å². The van der Waals surface area contributed by atoms with E-state index in [2.05, 4.69) is 11.0 Å². The number of quaternary nitrogens is 1. The number of imide groups is 1. The molecule has 3 heterocycles. The van der Waals surface area contributed by atoms with Crippen molar-refractivity contribution in [2.24, 2.45) is 0 Å². The van der Waals surface area contributed by atoms with E-state index >= 15 is 0 Å². The summed E-state index contributed by atoms with van der Waals surface area (Å²) in [5.74, 6) is -0.945. The molecule has 2 fully saturated rings. The molecule has 2 aliphatic heterocycles. The van der Waals surface area contributed by atoms with Gasteiger partial charge in [-0.2, -0.15) is 0 Å². The second-order valence-electron chi connectivity index (χ2n) is 7.41. The molecule has 2 aromatic carbocycles. The highest BCUT2D eigenvalue weighted by Gasteiger charge is 2.46. The van der Waals surface area contributed by atoms with E-state index in [4.69, 9.17) is 4.98 Å². The molecule has 29 heavy (non-hydrogen) atoms. The number of aromatic nitrogens is 1. The van der Waals surface area contributed by atoms with Gasteiger partial charge in [0.15, 0.2) is 11.2 Å². The Labute approximate surface area is 171 Å². The van der Waals surface area contributed by atoms with Crippen molar-refractivity contribution in [3.8, 4) is 0 Å². The number of anilines is 2. The van der Waals surface area contributed by atoms with Crippen LogP contribution in [0.3, 0.4) is 0 Å². The van der Waals surface area contributed by atoms with E-state index in [1.54, 1.807) is 17.4 Å². The third kappa shape index (κ3) is 3.28. The Bertz CT molecular complexity index is 1060. The van der Waals surface area contributed by atoms with Gasteiger partial charge in [0.05, 0.1) is 48.5 Å². The van der Waals surface area contributed by atoms with Crippen LogP contribution in [0.15, 0.2) is 48.5 Å². The SMILES string of the molecule is O=C1C[C@@H]([NH+]2CCN(c3nc4ccccc4s3)CC2)C(=O)N1c1cccc(F)c1. The average molecular weight is 411 g/mol. The molecule has 0 unspecified atom stereocenters. The maximum Gasteiger partial charge on any atom is 0.292 e. The minimum Gasteiger partial charge on any atom is -0.337 e. The second-order valence-corrected chi connectivity index (χ2v) is 8.42. The molecule has 6 nitrogen and oxygen atoms in total. The first-order valence-corrected chi connectivity index (χ1v) is 10.5. The Kier molecular flexibility index (Phi) is 4.52. The molecule has 1 aromatic heterocycles. The maximum absolute atomic E-state index is 13.5. The van der Waals surface area contributed by atoms with Crippen LogP contribution in [0, 0.1) is 5.82 Å². The zero-order valence-corrected chi connectivity index (χ0v) is 16.5. The van der Waals surface area contributed by atoms with E-state index in [1.807, 2.05) is 18.2 Å². The molecule has 0 aliphatic carbocycles. The Morgan fingerprint density at radius 1 is 1.07 bits per heavy atom. The number of hydrogen-bond acceptors (Lipinski definition) is 5. The van der Waals surface area contributed by atoms with Gasteiger partial charge in [-0.1, -0.05) is 29.5 Å². The lowest BCUT2D eigenvalue weighted by molar-refractivity contribution is -0.915. The number of para-hydroxylation sites is 1. The molecule has 1 N–H and O–H groups in total. The number of carbonyl (C=O) groups is 2. The van der Waals surface area contributed by atoms with Gasteiger partial charge in [0.1, 0.15) is 5.82 Å². The van der Waals surface area contributed by atoms with Gasteiger partial charge >= 0.3 is 0 Å². The molecular formula is C21H20FN4O2S+. The first kappa shape index (κ1) is 18.2. The third-order valence-corrected chi connectivity index (χ3v) is 6.76. The van der Waals surface area contributed by atoms with E-state index in [9.17, 15) is 14.0 Å². The Hall–Kier alpha value is -2.84. The van der Waals surface area contributed by atoms with Crippen molar-refractivity contribution in [2.75, 3.05) is 36.0 Å². The molecule has 1 atom stereocenters. The average Bonchev–Trinajstić information content (AvgIpc) is 3.29. The fourth-order valence-corrected chi connectivity index (χ4v) is 5.18. The zero-order chi connectivity index (χ0) is 20.0. The van der Waals surface area contributed by atoms with Crippen LogP contribution in [0.2, 0.25) is 0 Å². The quantitative estimate of drug-likeness (QED) is 0.664. The highest BCUT2D eigenvalue weighted by atomic mass is 32.1. The number of piperazine rings is 1. The van der Waals surface area contributed by atoms with E-state index in [-0.39, 0.29) is 18.2 Å². The molecule has 0 spiro atoms. The summed E-state index contributed by atoms with van der Waals surface area (Å²) in [6.45, 7) is 3.09. The first-order valence-electron chi connectivity index (χ1n) is 9.67. The van der Waals surface area contributed by atoms with E-state index < -0.39 is 11.9 Å². The fraction of sp³-hybridized carbons (Fsp3) is 0.286. The standard InChI is InChI=1S/C21H19FN4O2S/c22-14-4-3-5-15(12-14)26-19(27)13-17(20(26)28)24-8-10-25(11-9-24)21-23-16-6-1-2-7-18(16)29-21/h1-7,12,17H,8-11,13H2/p+1/t17-/m1/s1. The highest BCUT2D eigenvalue weighted by molar-refractivity contribution is 7.22. The molecule has 0 saturated carbocycles. The van der Waals surface area contributed by atoms with Crippen LogP contribution < -0.4 is 14.7 Å². The van der Waals surface area contributed by atoms with Crippen LogP contribution in [-0.4, -0.2) is 49.0 Å². The van der Waals surface area contributed by atoms with E-state index in [0.717, 1.165) is 46.6 Å². The van der Waals surface area contributed by atoms with Crippen LogP contribution in [0.5, 0.6) is 0 Å². The van der Waals surface area contributed by atoms with Gasteiger partial charge in [0.25, 0.3) is 5.91 Å². The lowest BCUT2D eigenvalue weighted by atomic mass is 10.2. The van der Waals surface area contributed by atoms with Crippen LogP contribution >= 0.6 is 11.3 Å². The number of thiazole rings is 1. The summed E-state index contributed by atoms with van der Waals surface area (Å²) in [6, 6.07) is 13.3. The summed E-state index contributed by atoms with van der Waals surface area (Å²) < 4.78 is 14.7. The summed E-state index contributed by atoms with van der Waals surface area (Å²) >= 11 is 1.68. The number of benzene rings is 2. The van der Waals surface area contributed by atoms with Crippen molar-refractivity contribution in [2.45, 2.75) is 12.5 Å². The molecule has 2 saturated heterocycles. The molecule has 3 aromatic rings. The van der Waals surface area contributed by atoms with Gasteiger partial charge in [-0.05, 0) is 30.3 Å². The minimum atomic E-state index is -0.455. The number of rotatable bonds is 3. The number of carbonyl (C=O) groups excluding carboxylic acids is 2. The van der Waals surface area contributed by atoms with E-state index in [0.29, 0.717) is 5.69 Å². The van der Waals surface area contributed by atoms with Gasteiger partial charge in [-0.25, -0.2) is 14.3 Å². The van der Waals surface area contributed by atoms with Gasteiger partial charge in [-0.15, -0.1) is 0 Å². The lowest BCUT2D eigenvalue weighted by Gasteiger charge is -2.34. The van der Waals surface area contributed by atoms with Gasteiger partial charge in [0.2, 0.25) is 5.91 Å². The Balaban J connectivity index is 1.28. The van der Waals surface area contributed by atoms with Gasteiger partial charge in [0, 0.05) is 0 Å². The fourth-order valence-electron chi connectivity index (χ4n) is 4.17. The number of nitrogens with one attached hydrogen (secondary N) is 1. The largest absolute Gasteiger partial charge is 0.337 e. The molecule has 5 rings (SSSR count). The van der Waals surface area contributed by atoms with Crippen LogP contribution in [0.25, 0.3) is 10.2 Å². The monoisotopic (exact) mass is 411 g/mol. The van der Waals surface area contributed by atoms with Crippen molar-refractivity contribution in [1.29, 1.82) is 0 Å². The van der Waals surface area contributed by atoms with Crippen molar-refractivity contribution in [1.82, 2.24) is 4.98 Å².